The molecule has 106 valence electrons. The van der Waals surface area contributed by atoms with Crippen molar-refractivity contribution < 1.29 is 13.2 Å². The molecular formula is C10H16N4O3S2. The number of hydrogen-bond donors (Lipinski definition) is 2. The van der Waals surface area contributed by atoms with E-state index in [0.717, 1.165) is 6.54 Å². The van der Waals surface area contributed by atoms with Crippen LogP contribution in [-0.2, 0) is 9.84 Å². The summed E-state index contributed by atoms with van der Waals surface area (Å²) >= 11 is 1.19. The van der Waals surface area contributed by atoms with E-state index in [1.807, 2.05) is 6.92 Å². The highest BCUT2D eigenvalue weighted by atomic mass is 32.2. The van der Waals surface area contributed by atoms with Gasteiger partial charge in [0.15, 0.2) is 0 Å². The molecule has 0 radical (unpaired) electrons. The quantitative estimate of drug-likeness (QED) is 0.828. The van der Waals surface area contributed by atoms with Crippen molar-refractivity contribution in [2.24, 2.45) is 0 Å². The van der Waals surface area contributed by atoms with Crippen LogP contribution in [0.2, 0.25) is 0 Å². The number of carbonyl (C=O) groups excluding carboxylic acids is 1. The molecule has 1 fully saturated rings. The zero-order valence-corrected chi connectivity index (χ0v) is 12.2. The molecule has 1 saturated heterocycles. The SMILES string of the molecule is CCNc1nnc(C(=O)NC2CCS(=O)(=O)CC2)s1. The van der Waals surface area contributed by atoms with E-state index >= 15 is 0 Å². The van der Waals surface area contributed by atoms with Crippen molar-refractivity contribution in [3.8, 4) is 0 Å². The number of hydrogen-bond acceptors (Lipinski definition) is 7. The average molecular weight is 304 g/mol. The topological polar surface area (TPSA) is 101 Å². The molecule has 9 heteroatoms. The van der Waals surface area contributed by atoms with Gasteiger partial charge in [0.25, 0.3) is 5.91 Å². The van der Waals surface area contributed by atoms with Gasteiger partial charge in [-0.05, 0) is 19.8 Å². The van der Waals surface area contributed by atoms with Gasteiger partial charge < -0.3 is 10.6 Å². The molecule has 0 aliphatic carbocycles. The maximum absolute atomic E-state index is 11.9. The van der Waals surface area contributed by atoms with Crippen molar-refractivity contribution in [1.29, 1.82) is 0 Å². The van der Waals surface area contributed by atoms with Crippen LogP contribution in [0.15, 0.2) is 0 Å². The van der Waals surface area contributed by atoms with Gasteiger partial charge in [0.2, 0.25) is 10.1 Å². The minimum atomic E-state index is -2.91. The number of nitrogens with zero attached hydrogens (tertiary/aromatic N) is 2. The van der Waals surface area contributed by atoms with Crippen molar-refractivity contribution in [2.75, 3.05) is 23.4 Å². The summed E-state index contributed by atoms with van der Waals surface area (Å²) in [6.07, 6.45) is 0.930. The molecule has 1 aliphatic rings. The molecule has 2 heterocycles. The lowest BCUT2D eigenvalue weighted by Crippen LogP contribution is -2.40. The van der Waals surface area contributed by atoms with E-state index in [4.69, 9.17) is 0 Å². The monoisotopic (exact) mass is 304 g/mol. The van der Waals surface area contributed by atoms with Crippen LogP contribution >= 0.6 is 11.3 Å². The number of carbonyl (C=O) groups is 1. The fourth-order valence-corrected chi connectivity index (χ4v) is 4.03. The highest BCUT2D eigenvalue weighted by molar-refractivity contribution is 7.91. The maximum atomic E-state index is 11.9. The molecule has 1 aliphatic heterocycles. The molecule has 7 nitrogen and oxygen atoms in total. The first-order valence-corrected chi connectivity index (χ1v) is 8.72. The van der Waals surface area contributed by atoms with Crippen LogP contribution in [0.3, 0.4) is 0 Å². The van der Waals surface area contributed by atoms with Crippen LogP contribution in [0.1, 0.15) is 29.6 Å². The molecule has 0 bridgehead atoms. The summed E-state index contributed by atoms with van der Waals surface area (Å²) in [5.74, 6) is -0.0149. The van der Waals surface area contributed by atoms with E-state index in [-0.39, 0.29) is 23.5 Å². The van der Waals surface area contributed by atoms with Crippen molar-refractivity contribution in [1.82, 2.24) is 15.5 Å². The number of anilines is 1. The van der Waals surface area contributed by atoms with Gasteiger partial charge in [0, 0.05) is 12.6 Å². The first-order valence-electron chi connectivity index (χ1n) is 6.09. The molecule has 1 aromatic heterocycles. The largest absolute Gasteiger partial charge is 0.360 e. The van der Waals surface area contributed by atoms with Gasteiger partial charge in [-0.15, -0.1) is 10.2 Å². The van der Waals surface area contributed by atoms with Crippen molar-refractivity contribution in [3.05, 3.63) is 5.01 Å². The van der Waals surface area contributed by atoms with Gasteiger partial charge in [-0.25, -0.2) is 8.42 Å². The molecule has 0 aromatic carbocycles. The standard InChI is InChI=1S/C10H16N4O3S2/c1-2-11-10-14-13-9(18-10)8(15)12-7-3-5-19(16,17)6-4-7/h7H,2-6H2,1H3,(H,11,14)(H,12,15). The Balaban J connectivity index is 1.90. The first-order chi connectivity index (χ1) is 9.00. The molecule has 2 N–H and O–H groups in total. The molecule has 0 saturated carbocycles. The zero-order chi connectivity index (χ0) is 13.9. The lowest BCUT2D eigenvalue weighted by Gasteiger charge is -2.22. The lowest BCUT2D eigenvalue weighted by molar-refractivity contribution is 0.0933. The second-order valence-corrected chi connectivity index (χ2v) is 7.62. The summed E-state index contributed by atoms with van der Waals surface area (Å²) < 4.78 is 22.6. The molecule has 0 atom stereocenters. The Morgan fingerprint density at radius 3 is 2.68 bits per heavy atom. The molecule has 2 rings (SSSR count). The molecule has 0 spiro atoms. The van der Waals surface area contributed by atoms with Crippen LogP contribution in [0.4, 0.5) is 5.13 Å². The van der Waals surface area contributed by atoms with Gasteiger partial charge >= 0.3 is 0 Å². The van der Waals surface area contributed by atoms with Gasteiger partial charge in [-0.1, -0.05) is 11.3 Å². The Morgan fingerprint density at radius 2 is 2.05 bits per heavy atom. The van der Waals surface area contributed by atoms with E-state index in [1.54, 1.807) is 0 Å². The van der Waals surface area contributed by atoms with E-state index in [9.17, 15) is 13.2 Å². The third kappa shape index (κ3) is 3.87. The van der Waals surface area contributed by atoms with Crippen LogP contribution < -0.4 is 10.6 Å². The van der Waals surface area contributed by atoms with E-state index in [1.165, 1.54) is 11.3 Å². The van der Waals surface area contributed by atoms with Crippen LogP contribution in [0, 0.1) is 0 Å². The second-order valence-electron chi connectivity index (χ2n) is 4.34. The predicted octanol–water partition coefficient (Wildman–Crippen LogP) is 0.277. The summed E-state index contributed by atoms with van der Waals surface area (Å²) in [6.45, 7) is 2.65. The number of amides is 1. The summed E-state index contributed by atoms with van der Waals surface area (Å²) in [4.78, 5) is 11.9. The highest BCUT2D eigenvalue weighted by Crippen LogP contribution is 2.16. The predicted molar refractivity (Wildman–Crippen MR) is 73.2 cm³/mol. The zero-order valence-electron chi connectivity index (χ0n) is 10.5. The molecule has 1 aromatic rings. The Kier molecular flexibility index (Phi) is 4.35. The smallest absolute Gasteiger partial charge is 0.282 e. The number of nitrogens with one attached hydrogen (secondary N) is 2. The van der Waals surface area contributed by atoms with Crippen LogP contribution in [0.5, 0.6) is 0 Å². The van der Waals surface area contributed by atoms with Crippen molar-refractivity contribution in [3.63, 3.8) is 0 Å². The normalized spacial score (nSPS) is 19.0. The molecular weight excluding hydrogens is 288 g/mol. The van der Waals surface area contributed by atoms with E-state index in [2.05, 4.69) is 20.8 Å². The third-order valence-corrected chi connectivity index (χ3v) is 5.43. The molecule has 19 heavy (non-hydrogen) atoms. The van der Waals surface area contributed by atoms with Crippen LogP contribution in [-0.4, -0.2) is 48.6 Å². The van der Waals surface area contributed by atoms with Gasteiger partial charge in [-0.3, -0.25) is 4.79 Å². The van der Waals surface area contributed by atoms with Crippen molar-refractivity contribution in [2.45, 2.75) is 25.8 Å². The van der Waals surface area contributed by atoms with Gasteiger partial charge in [0.1, 0.15) is 9.84 Å². The number of sulfone groups is 1. The fraction of sp³-hybridized carbons (Fsp3) is 0.700. The second kappa shape index (κ2) is 5.83. The van der Waals surface area contributed by atoms with Gasteiger partial charge in [0.05, 0.1) is 11.5 Å². The van der Waals surface area contributed by atoms with E-state index < -0.39 is 9.84 Å². The first kappa shape index (κ1) is 14.2. The summed E-state index contributed by atoms with van der Waals surface area (Å²) in [6, 6.07) is -0.0949. The Morgan fingerprint density at radius 1 is 1.37 bits per heavy atom. The van der Waals surface area contributed by atoms with E-state index in [0.29, 0.717) is 23.0 Å². The Hall–Kier alpha value is -1.22. The maximum Gasteiger partial charge on any atom is 0.282 e. The highest BCUT2D eigenvalue weighted by Gasteiger charge is 2.25. The number of aromatic nitrogens is 2. The third-order valence-electron chi connectivity index (χ3n) is 2.84. The molecule has 0 unspecified atom stereocenters. The van der Waals surface area contributed by atoms with Crippen LogP contribution in [0.25, 0.3) is 0 Å². The minimum absolute atomic E-state index is 0.0949. The average Bonchev–Trinajstić information content (AvgIpc) is 2.81. The summed E-state index contributed by atoms with van der Waals surface area (Å²) in [5.41, 5.74) is 0. The Bertz CT molecular complexity index is 541. The molecule has 1 amide bonds. The summed E-state index contributed by atoms with van der Waals surface area (Å²) in [5, 5.41) is 14.3. The fourth-order valence-electron chi connectivity index (χ4n) is 1.82. The Labute approximate surface area is 115 Å². The van der Waals surface area contributed by atoms with Crippen molar-refractivity contribution >= 4 is 32.2 Å². The lowest BCUT2D eigenvalue weighted by atomic mass is 10.1. The number of rotatable bonds is 4. The minimum Gasteiger partial charge on any atom is -0.360 e. The van der Waals surface area contributed by atoms with Gasteiger partial charge in [-0.2, -0.15) is 0 Å². The summed E-state index contributed by atoms with van der Waals surface area (Å²) in [7, 11) is -2.91.